The average Bonchev–Trinajstić information content (AvgIpc) is 3.37. The number of aromatic nitrogens is 2. The Kier molecular flexibility index (Phi) is 5.30. The van der Waals surface area contributed by atoms with Crippen molar-refractivity contribution >= 4 is 29.0 Å². The second kappa shape index (κ2) is 8.04. The fraction of sp³-hybridized carbons (Fsp3) is 0.250. The van der Waals surface area contributed by atoms with Gasteiger partial charge in [0.05, 0.1) is 10.2 Å². The fourth-order valence-corrected chi connectivity index (χ4v) is 3.91. The first-order valence-electron chi connectivity index (χ1n) is 9.17. The van der Waals surface area contributed by atoms with E-state index < -0.39 is 10.2 Å². The molecule has 8 nitrogen and oxygen atoms in total. The highest BCUT2D eigenvalue weighted by Crippen LogP contribution is 2.29. The highest BCUT2D eigenvalue weighted by molar-refractivity contribution is 8.00. The quantitative estimate of drug-likeness (QED) is 0.367. The molecule has 0 saturated heterocycles. The van der Waals surface area contributed by atoms with Crippen molar-refractivity contribution in [2.75, 3.05) is 5.32 Å². The molecule has 0 saturated carbocycles. The number of nitro benzene ring substituents is 1. The number of carbonyl (C=O) groups excluding carboxylic acids is 1. The van der Waals surface area contributed by atoms with Gasteiger partial charge in [0.25, 0.3) is 10.9 Å². The van der Waals surface area contributed by atoms with Gasteiger partial charge in [0.15, 0.2) is 0 Å². The van der Waals surface area contributed by atoms with Crippen molar-refractivity contribution in [3.05, 3.63) is 63.7 Å². The third-order valence-electron chi connectivity index (χ3n) is 4.72. The second-order valence-corrected chi connectivity index (χ2v) is 8.06. The summed E-state index contributed by atoms with van der Waals surface area (Å²) >= 11 is 1.14. The van der Waals surface area contributed by atoms with Gasteiger partial charge in [0.2, 0.25) is 11.8 Å². The molecule has 0 radical (unpaired) electrons. The first-order valence-corrected chi connectivity index (χ1v) is 10.1. The number of non-ortho nitro benzene ring substituents is 1. The molecular formula is C20H18N4O4S. The maximum atomic E-state index is 12.5. The van der Waals surface area contributed by atoms with Crippen LogP contribution in [0.5, 0.6) is 0 Å². The van der Waals surface area contributed by atoms with E-state index >= 15 is 0 Å². The highest BCUT2D eigenvalue weighted by atomic mass is 32.2. The third-order valence-corrected chi connectivity index (χ3v) is 5.66. The van der Waals surface area contributed by atoms with E-state index in [2.05, 4.69) is 21.6 Å². The van der Waals surface area contributed by atoms with Gasteiger partial charge in [-0.3, -0.25) is 14.9 Å². The first-order chi connectivity index (χ1) is 14.0. The maximum absolute atomic E-state index is 12.5. The summed E-state index contributed by atoms with van der Waals surface area (Å²) in [5.41, 5.74) is 3.82. The molecule has 1 amide bonds. The Morgan fingerprint density at radius 3 is 2.86 bits per heavy atom. The Hall–Kier alpha value is -3.20. The van der Waals surface area contributed by atoms with Crippen LogP contribution in [0.4, 0.5) is 11.4 Å². The van der Waals surface area contributed by atoms with Crippen LogP contribution in [0.1, 0.15) is 24.5 Å². The molecule has 0 fully saturated rings. The van der Waals surface area contributed by atoms with Gasteiger partial charge < -0.3 is 9.73 Å². The molecule has 3 aromatic rings. The summed E-state index contributed by atoms with van der Waals surface area (Å²) in [6.45, 7) is 1.75. The van der Waals surface area contributed by atoms with Crippen molar-refractivity contribution in [1.29, 1.82) is 0 Å². The number of hydrogen-bond donors (Lipinski definition) is 1. The predicted octanol–water partition coefficient (Wildman–Crippen LogP) is 4.25. The molecule has 0 aliphatic heterocycles. The maximum Gasteiger partial charge on any atom is 0.277 e. The van der Waals surface area contributed by atoms with Gasteiger partial charge in [0.1, 0.15) is 0 Å². The number of carbonyl (C=O) groups is 1. The van der Waals surface area contributed by atoms with Gasteiger partial charge in [0, 0.05) is 23.4 Å². The zero-order chi connectivity index (χ0) is 20.4. The van der Waals surface area contributed by atoms with Crippen molar-refractivity contribution in [3.8, 4) is 11.5 Å². The number of aryl methyl sites for hydroxylation is 2. The largest absolute Gasteiger partial charge is 0.411 e. The molecule has 1 N–H and O–H groups in total. The van der Waals surface area contributed by atoms with Gasteiger partial charge in [-0.05, 0) is 55.5 Å². The predicted molar refractivity (Wildman–Crippen MR) is 109 cm³/mol. The number of hydrogen-bond acceptors (Lipinski definition) is 7. The van der Waals surface area contributed by atoms with Crippen molar-refractivity contribution in [3.63, 3.8) is 0 Å². The van der Waals surface area contributed by atoms with Crippen molar-refractivity contribution < 1.29 is 14.1 Å². The van der Waals surface area contributed by atoms with Gasteiger partial charge >= 0.3 is 0 Å². The topological polar surface area (TPSA) is 111 Å². The molecule has 1 heterocycles. The summed E-state index contributed by atoms with van der Waals surface area (Å²) < 4.78 is 5.57. The Morgan fingerprint density at radius 2 is 2.03 bits per heavy atom. The minimum atomic E-state index is -0.485. The standard InChI is InChI=1S/C20H18N4O4S/c1-12(18(25)21-16-9-8-13-4-2-5-14(13)10-16)29-20-23-22-19(28-20)15-6-3-7-17(11-15)24(26)27/h3,6-12H,2,4-5H2,1H3,(H,21,25)/t12-/m1/s1. The Labute approximate surface area is 170 Å². The van der Waals surface area contributed by atoms with E-state index in [0.29, 0.717) is 5.56 Å². The third kappa shape index (κ3) is 4.29. The Balaban J connectivity index is 1.41. The highest BCUT2D eigenvalue weighted by Gasteiger charge is 2.20. The van der Waals surface area contributed by atoms with E-state index in [4.69, 9.17) is 4.42 Å². The summed E-state index contributed by atoms with van der Waals surface area (Å²) in [5, 5.41) is 21.5. The molecule has 148 valence electrons. The van der Waals surface area contributed by atoms with E-state index in [9.17, 15) is 14.9 Å². The Morgan fingerprint density at radius 1 is 1.21 bits per heavy atom. The van der Waals surface area contributed by atoms with Crippen LogP contribution in [0.2, 0.25) is 0 Å². The monoisotopic (exact) mass is 410 g/mol. The molecule has 1 atom stereocenters. The van der Waals surface area contributed by atoms with Crippen molar-refractivity contribution in [2.24, 2.45) is 0 Å². The van der Waals surface area contributed by atoms with Crippen LogP contribution in [-0.2, 0) is 17.6 Å². The molecule has 1 aliphatic carbocycles. The van der Waals surface area contributed by atoms with E-state index in [-0.39, 0.29) is 22.7 Å². The lowest BCUT2D eigenvalue weighted by Gasteiger charge is -2.11. The molecule has 9 heteroatoms. The lowest BCUT2D eigenvalue weighted by atomic mass is 10.1. The van der Waals surface area contributed by atoms with E-state index in [1.165, 1.54) is 23.3 Å². The van der Waals surface area contributed by atoms with Crippen LogP contribution >= 0.6 is 11.8 Å². The number of thioether (sulfide) groups is 1. The number of anilines is 1. The van der Waals surface area contributed by atoms with Crippen LogP contribution in [0, 0.1) is 10.1 Å². The van der Waals surface area contributed by atoms with Gasteiger partial charge in [-0.1, -0.05) is 23.9 Å². The minimum Gasteiger partial charge on any atom is -0.411 e. The molecule has 0 bridgehead atoms. The summed E-state index contributed by atoms with van der Waals surface area (Å²) in [4.78, 5) is 22.9. The number of nitro groups is 1. The average molecular weight is 410 g/mol. The van der Waals surface area contributed by atoms with E-state index in [1.807, 2.05) is 12.1 Å². The number of rotatable bonds is 6. The van der Waals surface area contributed by atoms with Crippen LogP contribution in [0.3, 0.4) is 0 Å². The molecule has 4 rings (SSSR count). The summed E-state index contributed by atoms with van der Waals surface area (Å²) in [7, 11) is 0. The van der Waals surface area contributed by atoms with E-state index in [0.717, 1.165) is 36.7 Å². The molecule has 1 aliphatic rings. The molecule has 29 heavy (non-hydrogen) atoms. The van der Waals surface area contributed by atoms with Gasteiger partial charge in [-0.2, -0.15) is 0 Å². The molecule has 0 unspecified atom stereocenters. The zero-order valence-corrected chi connectivity index (χ0v) is 16.4. The zero-order valence-electron chi connectivity index (χ0n) is 15.6. The van der Waals surface area contributed by atoms with Crippen LogP contribution < -0.4 is 5.32 Å². The van der Waals surface area contributed by atoms with Crippen molar-refractivity contribution in [1.82, 2.24) is 10.2 Å². The smallest absolute Gasteiger partial charge is 0.277 e. The number of fused-ring (bicyclic) bond motifs is 1. The summed E-state index contributed by atoms with van der Waals surface area (Å²) in [6, 6.07) is 12.0. The summed E-state index contributed by atoms with van der Waals surface area (Å²) in [5.74, 6) is 0.00507. The van der Waals surface area contributed by atoms with E-state index in [1.54, 1.807) is 19.1 Å². The molecular weight excluding hydrogens is 392 g/mol. The SMILES string of the molecule is C[C@@H](Sc1nnc(-c2cccc([N+](=O)[O-])c2)o1)C(=O)Nc1ccc2c(c1)CCC2. The minimum absolute atomic E-state index is 0.0583. The number of nitrogens with zero attached hydrogens (tertiary/aromatic N) is 3. The van der Waals surface area contributed by atoms with Gasteiger partial charge in [-0.25, -0.2) is 0 Å². The second-order valence-electron chi connectivity index (χ2n) is 6.77. The lowest BCUT2D eigenvalue weighted by molar-refractivity contribution is -0.384. The first kappa shape index (κ1) is 19.1. The number of amides is 1. The molecule has 2 aromatic carbocycles. The molecule has 1 aromatic heterocycles. The Bertz CT molecular complexity index is 1080. The van der Waals surface area contributed by atoms with Crippen molar-refractivity contribution in [2.45, 2.75) is 36.7 Å². The van der Waals surface area contributed by atoms with Crippen LogP contribution in [0.25, 0.3) is 11.5 Å². The van der Waals surface area contributed by atoms with Crippen LogP contribution in [-0.4, -0.2) is 26.3 Å². The van der Waals surface area contributed by atoms with Gasteiger partial charge in [-0.15, -0.1) is 10.2 Å². The van der Waals surface area contributed by atoms with Crippen LogP contribution in [0.15, 0.2) is 52.1 Å². The normalized spacial score (nSPS) is 13.7. The number of nitrogens with one attached hydrogen (secondary N) is 1. The lowest BCUT2D eigenvalue weighted by Crippen LogP contribution is -2.22. The summed E-state index contributed by atoms with van der Waals surface area (Å²) in [6.07, 6.45) is 3.30. The number of benzene rings is 2. The molecule has 0 spiro atoms. The fourth-order valence-electron chi connectivity index (χ4n) is 3.22.